The lowest BCUT2D eigenvalue weighted by Gasteiger charge is -2.22. The monoisotopic (exact) mass is 760 g/mol. The van der Waals surface area contributed by atoms with E-state index in [0.29, 0.717) is 41.5 Å². The van der Waals surface area contributed by atoms with Crippen molar-refractivity contribution in [3.8, 4) is 11.5 Å². The number of hydrogen-bond donors (Lipinski definition) is 4. The maximum atomic E-state index is 13.2. The molecule has 2 fully saturated rings. The first kappa shape index (κ1) is 42.3. The number of hydrogen-bond acceptors (Lipinski definition) is 11. The molecule has 0 saturated carbocycles. The fourth-order valence-electron chi connectivity index (χ4n) is 5.15. The van der Waals surface area contributed by atoms with Gasteiger partial charge in [-0.3, -0.25) is 4.55 Å². The molecule has 49 heavy (non-hydrogen) atoms. The van der Waals surface area contributed by atoms with Crippen LogP contribution in [0.1, 0.15) is 27.7 Å². The molecule has 2 aromatic heterocycles. The first-order valence-corrected chi connectivity index (χ1v) is 18.5. The maximum absolute atomic E-state index is 13.2. The fraction of sp³-hybridized carbons (Fsp3) is 0.438. The molecule has 0 atom stereocenters. The van der Waals surface area contributed by atoms with Gasteiger partial charge in [0.15, 0.2) is 0 Å². The van der Waals surface area contributed by atoms with E-state index in [4.69, 9.17) is 32.7 Å². The topological polar surface area (TPSA) is 172 Å². The van der Waals surface area contributed by atoms with Crippen molar-refractivity contribution < 1.29 is 30.9 Å². The SMILES string of the molecule is C.C.C1CNCCNC1.COc1ccc2c(Cl)nccc2c1S(=O)(=O)N1CCCNCC1.COc1ccc2c(Cl)nccc2c1S(=O)(=O)O. The van der Waals surface area contributed by atoms with Crippen LogP contribution in [0.5, 0.6) is 11.5 Å². The minimum absolute atomic E-state index is 0. The van der Waals surface area contributed by atoms with Crippen LogP contribution in [0.2, 0.25) is 10.3 Å². The molecule has 0 amide bonds. The highest BCUT2D eigenvalue weighted by Gasteiger charge is 2.30. The van der Waals surface area contributed by atoms with Gasteiger partial charge in [-0.25, -0.2) is 18.4 Å². The smallest absolute Gasteiger partial charge is 0.298 e. The minimum atomic E-state index is -4.40. The van der Waals surface area contributed by atoms with E-state index in [9.17, 15) is 21.4 Å². The Balaban J connectivity index is 0.000000282. The largest absolute Gasteiger partial charge is 0.495 e. The zero-order valence-electron chi connectivity index (χ0n) is 26.0. The van der Waals surface area contributed by atoms with Crippen molar-refractivity contribution in [3.63, 3.8) is 0 Å². The average Bonchev–Trinajstić information content (AvgIpc) is 3.53. The van der Waals surface area contributed by atoms with Crippen molar-refractivity contribution >= 4 is 64.9 Å². The van der Waals surface area contributed by atoms with Crippen LogP contribution in [0.4, 0.5) is 0 Å². The molecule has 0 unspecified atom stereocenters. The number of pyridine rings is 2. The number of rotatable bonds is 5. The van der Waals surface area contributed by atoms with E-state index >= 15 is 0 Å². The van der Waals surface area contributed by atoms with Crippen LogP contribution < -0.4 is 25.4 Å². The molecule has 0 spiro atoms. The van der Waals surface area contributed by atoms with Crippen molar-refractivity contribution in [1.29, 1.82) is 0 Å². The molecule has 2 aromatic carbocycles. The molecule has 0 radical (unpaired) electrons. The number of sulfonamides is 1. The maximum Gasteiger partial charge on any atom is 0.298 e. The lowest BCUT2D eigenvalue weighted by molar-refractivity contribution is 0.395. The Morgan fingerprint density at radius 2 is 1.12 bits per heavy atom. The van der Waals surface area contributed by atoms with Crippen molar-refractivity contribution in [1.82, 2.24) is 30.2 Å². The lowest BCUT2D eigenvalue weighted by atomic mass is 10.2. The van der Waals surface area contributed by atoms with Crippen LogP contribution in [0.3, 0.4) is 0 Å². The van der Waals surface area contributed by atoms with Gasteiger partial charge in [-0.1, -0.05) is 38.1 Å². The van der Waals surface area contributed by atoms with Gasteiger partial charge in [-0.05, 0) is 68.9 Å². The Hall–Kier alpha value is -2.86. The molecule has 0 bridgehead atoms. The number of nitrogens with zero attached hydrogens (tertiary/aromatic N) is 3. The summed E-state index contributed by atoms with van der Waals surface area (Å²) in [6, 6.07) is 9.46. The van der Waals surface area contributed by atoms with Crippen molar-refractivity contribution in [2.75, 3.05) is 66.6 Å². The normalized spacial score (nSPS) is 15.5. The summed E-state index contributed by atoms with van der Waals surface area (Å²) in [5, 5.41) is 12.0. The molecule has 272 valence electrons. The highest BCUT2D eigenvalue weighted by molar-refractivity contribution is 7.89. The number of nitrogens with one attached hydrogen (secondary N) is 3. The molecular weight excluding hydrogens is 715 g/mol. The van der Waals surface area contributed by atoms with Crippen LogP contribution in [-0.4, -0.2) is 102 Å². The fourth-order valence-corrected chi connectivity index (χ4v) is 8.28. The molecule has 4 aromatic rings. The van der Waals surface area contributed by atoms with Crippen LogP contribution in [0, 0.1) is 0 Å². The van der Waals surface area contributed by atoms with E-state index < -0.39 is 20.1 Å². The minimum Gasteiger partial charge on any atom is -0.495 e. The second-order valence-electron chi connectivity index (χ2n) is 10.4. The van der Waals surface area contributed by atoms with Crippen molar-refractivity contribution in [2.45, 2.75) is 37.5 Å². The number of halogens is 2. The number of ether oxygens (including phenoxy) is 2. The summed E-state index contributed by atoms with van der Waals surface area (Å²) < 4.78 is 70.1. The van der Waals surface area contributed by atoms with Gasteiger partial charge < -0.3 is 25.4 Å². The predicted molar refractivity (Wildman–Crippen MR) is 196 cm³/mol. The van der Waals surface area contributed by atoms with E-state index in [0.717, 1.165) is 26.1 Å². The Kier molecular flexibility index (Phi) is 16.8. The Bertz CT molecular complexity index is 1870. The zero-order valence-corrected chi connectivity index (χ0v) is 29.1. The van der Waals surface area contributed by atoms with Crippen LogP contribution in [0.25, 0.3) is 21.5 Å². The number of benzene rings is 2. The quantitative estimate of drug-likeness (QED) is 0.161. The molecule has 2 aliphatic rings. The van der Waals surface area contributed by atoms with E-state index in [1.54, 1.807) is 24.3 Å². The summed E-state index contributed by atoms with van der Waals surface area (Å²) in [7, 11) is -5.31. The van der Waals surface area contributed by atoms with Crippen molar-refractivity contribution in [2.24, 2.45) is 0 Å². The van der Waals surface area contributed by atoms with Gasteiger partial charge in [-0.15, -0.1) is 0 Å². The standard InChI is InChI=1S/C15H18ClN3O3S.C10H8ClNO4S.C5H12N2.2CH4/c1-22-13-4-3-12-11(5-7-18-15(12)16)14(13)23(20,21)19-9-2-6-17-8-10-19;1-16-8-3-2-7-6(4-5-12-10(7)11)9(8)17(13,14)15;1-2-6-4-5-7-3-1;;/h3-5,7,17H,2,6,8-10H2,1H3;2-5H,1H3,(H,13,14,15);6-7H,1-5H2;2*1H4. The number of fused-ring (bicyclic) bond motifs is 2. The van der Waals surface area contributed by atoms with Crippen LogP contribution in [0.15, 0.2) is 58.6 Å². The summed E-state index contributed by atoms with van der Waals surface area (Å²) in [6.07, 6.45) is 4.92. The summed E-state index contributed by atoms with van der Waals surface area (Å²) >= 11 is 12.0. The molecule has 13 nitrogen and oxygen atoms in total. The van der Waals surface area contributed by atoms with E-state index in [-0.39, 0.29) is 46.1 Å². The first-order chi connectivity index (χ1) is 22.5. The summed E-state index contributed by atoms with van der Waals surface area (Å²) in [6.45, 7) is 7.01. The molecule has 6 rings (SSSR count). The third-order valence-corrected chi connectivity index (χ3v) is 10.9. The zero-order chi connectivity index (χ0) is 34.0. The predicted octanol–water partition coefficient (Wildman–Crippen LogP) is 4.87. The molecule has 4 N–H and O–H groups in total. The number of aromatic nitrogens is 2. The number of methoxy groups -OCH3 is 2. The molecule has 2 aliphatic heterocycles. The third kappa shape index (κ3) is 10.6. The highest BCUT2D eigenvalue weighted by atomic mass is 35.5. The molecule has 0 aliphatic carbocycles. The Morgan fingerprint density at radius 3 is 1.63 bits per heavy atom. The second kappa shape index (κ2) is 19.5. The highest BCUT2D eigenvalue weighted by Crippen LogP contribution is 2.36. The van der Waals surface area contributed by atoms with Crippen LogP contribution in [-0.2, 0) is 20.1 Å². The molecule has 2 saturated heterocycles. The Morgan fingerprint density at radius 1 is 0.653 bits per heavy atom. The molecule has 4 heterocycles. The van der Waals surface area contributed by atoms with Gasteiger partial charge in [0.05, 0.1) is 14.2 Å². The lowest BCUT2D eigenvalue weighted by Crippen LogP contribution is -2.34. The molecule has 17 heteroatoms. The van der Waals surface area contributed by atoms with Crippen molar-refractivity contribution in [3.05, 3.63) is 59.1 Å². The van der Waals surface area contributed by atoms with Gasteiger partial charge in [-0.2, -0.15) is 12.7 Å². The van der Waals surface area contributed by atoms with Gasteiger partial charge >= 0.3 is 0 Å². The van der Waals surface area contributed by atoms with E-state index in [1.165, 1.54) is 62.6 Å². The second-order valence-corrected chi connectivity index (χ2v) is 14.4. The molecular formula is C32H46Cl2N6O7S2. The van der Waals surface area contributed by atoms with Gasteiger partial charge in [0.25, 0.3) is 10.1 Å². The average molecular weight is 762 g/mol. The summed E-state index contributed by atoms with van der Waals surface area (Å²) in [5.41, 5.74) is 0. The first-order valence-electron chi connectivity index (χ1n) is 14.8. The third-order valence-electron chi connectivity index (χ3n) is 7.40. The Labute approximate surface area is 299 Å². The van der Waals surface area contributed by atoms with Gasteiger partial charge in [0.2, 0.25) is 10.0 Å². The van der Waals surface area contributed by atoms with Gasteiger partial charge in [0, 0.05) is 66.7 Å². The van der Waals surface area contributed by atoms with Crippen LogP contribution >= 0.6 is 23.2 Å². The summed E-state index contributed by atoms with van der Waals surface area (Å²) in [4.78, 5) is 7.71. The van der Waals surface area contributed by atoms with E-state index in [1.807, 2.05) is 0 Å². The van der Waals surface area contributed by atoms with E-state index in [2.05, 4.69) is 25.9 Å². The summed E-state index contributed by atoms with van der Waals surface area (Å²) in [5.74, 6) is 0.374. The van der Waals surface area contributed by atoms with Gasteiger partial charge in [0.1, 0.15) is 31.6 Å².